The van der Waals surface area contributed by atoms with Gasteiger partial charge in [0.2, 0.25) is 0 Å². The van der Waals surface area contributed by atoms with Crippen molar-refractivity contribution in [3.8, 4) is 22.5 Å². The van der Waals surface area contributed by atoms with Gasteiger partial charge in [0.1, 0.15) is 5.82 Å². The normalized spacial score (nSPS) is 21.0. The lowest BCUT2D eigenvalue weighted by Crippen LogP contribution is -2.21. The summed E-state index contributed by atoms with van der Waals surface area (Å²) in [5, 5.41) is 0. The second-order valence-electron chi connectivity index (χ2n) is 10.1. The quantitative estimate of drug-likeness (QED) is 0.434. The number of carbonyl (C=O) groups excluding carboxylic acids is 1. The van der Waals surface area contributed by atoms with Crippen LogP contribution in [0.3, 0.4) is 0 Å². The molecule has 4 nitrogen and oxygen atoms in total. The fourth-order valence-corrected chi connectivity index (χ4v) is 5.91. The zero-order chi connectivity index (χ0) is 23.0. The number of carbonyl (C=O) groups is 1. The Labute approximate surface area is 197 Å². The number of ketones is 1. The molecule has 7 rings (SSSR count). The number of aromatic nitrogens is 1. The van der Waals surface area contributed by atoms with Crippen molar-refractivity contribution < 1.29 is 18.2 Å². The van der Waals surface area contributed by atoms with Gasteiger partial charge in [0, 0.05) is 42.5 Å². The van der Waals surface area contributed by atoms with Crippen LogP contribution < -0.4 is 0 Å². The van der Waals surface area contributed by atoms with Crippen LogP contribution in [-0.4, -0.2) is 28.1 Å². The topological polar surface area (TPSA) is 46.1 Å². The summed E-state index contributed by atoms with van der Waals surface area (Å²) in [4.78, 5) is 17.2. The first-order chi connectivity index (χ1) is 16.5. The summed E-state index contributed by atoms with van der Waals surface area (Å²) in [6.07, 6.45) is 10.1. The van der Waals surface area contributed by atoms with Gasteiger partial charge < -0.3 is 4.42 Å². The molecule has 2 aromatic carbocycles. The molecule has 5 heteroatoms. The van der Waals surface area contributed by atoms with Gasteiger partial charge in [-0.05, 0) is 72.4 Å². The number of allylic oxidation sites excluding steroid dienone is 1. The van der Waals surface area contributed by atoms with E-state index in [0.717, 1.165) is 49.8 Å². The number of hydrogen-bond acceptors (Lipinski definition) is 3. The summed E-state index contributed by atoms with van der Waals surface area (Å²) in [5.41, 5.74) is 7.50. The average Bonchev–Trinajstić information content (AvgIpc) is 3.59. The number of halogens is 1. The largest absolute Gasteiger partial charge is 0.440 e. The Morgan fingerprint density at radius 2 is 1.94 bits per heavy atom. The molecule has 1 aromatic heterocycles. The van der Waals surface area contributed by atoms with Gasteiger partial charge in [-0.3, -0.25) is 4.79 Å². The summed E-state index contributed by atoms with van der Waals surface area (Å²) in [5.74, 6) is 1.36. The van der Waals surface area contributed by atoms with Gasteiger partial charge in [0.05, 0.1) is 0 Å². The molecule has 1 saturated carbocycles. The van der Waals surface area contributed by atoms with E-state index in [-0.39, 0.29) is 17.5 Å². The SMILES string of the molecule is Cc1nc2c(o1)-c1cc(F)c(-c3ccc4c(c3)C=[N+]3CC=C3CC4)cc1C(C1CC1)CCC2=O. The first kappa shape index (κ1) is 20.1. The highest BCUT2D eigenvalue weighted by Gasteiger charge is 2.38. The van der Waals surface area contributed by atoms with E-state index < -0.39 is 0 Å². The molecule has 0 spiro atoms. The minimum Gasteiger partial charge on any atom is -0.440 e. The summed E-state index contributed by atoms with van der Waals surface area (Å²) in [6.45, 7) is 2.69. The van der Waals surface area contributed by atoms with Crippen molar-refractivity contribution in [2.75, 3.05) is 6.54 Å². The highest BCUT2D eigenvalue weighted by molar-refractivity contribution is 6.00. The second-order valence-corrected chi connectivity index (χ2v) is 10.1. The number of rotatable bonds is 2. The number of Topliss-reactive ketones (excluding diaryl/α,β-unsaturated/α-hetero) is 1. The highest BCUT2D eigenvalue weighted by Crippen LogP contribution is 2.50. The van der Waals surface area contributed by atoms with Gasteiger partial charge in [-0.25, -0.2) is 9.37 Å². The number of hydrogen-bond donors (Lipinski definition) is 0. The molecule has 34 heavy (non-hydrogen) atoms. The monoisotopic (exact) mass is 453 g/mol. The molecule has 1 atom stereocenters. The zero-order valence-electron chi connectivity index (χ0n) is 19.2. The second kappa shape index (κ2) is 7.33. The van der Waals surface area contributed by atoms with Crippen LogP contribution in [0.25, 0.3) is 22.5 Å². The van der Waals surface area contributed by atoms with Gasteiger partial charge >= 0.3 is 0 Å². The molecule has 0 radical (unpaired) electrons. The fraction of sp³-hybridized carbons (Fsp3) is 0.345. The van der Waals surface area contributed by atoms with E-state index >= 15 is 4.39 Å². The van der Waals surface area contributed by atoms with Crippen molar-refractivity contribution in [3.63, 3.8) is 0 Å². The number of nitrogens with zero attached hydrogens (tertiary/aromatic N) is 2. The molecule has 3 aromatic rings. The molecule has 0 N–H and O–H groups in total. The molecule has 0 bridgehead atoms. The fourth-order valence-electron chi connectivity index (χ4n) is 5.91. The minimum atomic E-state index is -0.292. The Balaban J connectivity index is 1.40. The summed E-state index contributed by atoms with van der Waals surface area (Å²) >= 11 is 0. The maximum absolute atomic E-state index is 15.7. The molecule has 0 amide bonds. The lowest BCUT2D eigenvalue weighted by Gasteiger charge is -2.23. The molecule has 2 aliphatic carbocycles. The highest BCUT2D eigenvalue weighted by atomic mass is 19.1. The zero-order valence-corrected chi connectivity index (χ0v) is 19.2. The minimum absolute atomic E-state index is 0.00617. The first-order valence-electron chi connectivity index (χ1n) is 12.3. The van der Waals surface area contributed by atoms with E-state index in [2.05, 4.69) is 40.0 Å². The molecular weight excluding hydrogens is 427 g/mol. The van der Waals surface area contributed by atoms with Gasteiger partial charge in [0.15, 0.2) is 41.6 Å². The molecular formula is C29H26FN2O2+. The Kier molecular flexibility index (Phi) is 4.33. The summed E-state index contributed by atoms with van der Waals surface area (Å²) in [7, 11) is 0. The Morgan fingerprint density at radius 1 is 1.06 bits per heavy atom. The van der Waals surface area contributed by atoms with Crippen LogP contribution in [0.4, 0.5) is 4.39 Å². The van der Waals surface area contributed by atoms with Gasteiger partial charge in [-0.2, -0.15) is 4.58 Å². The lowest BCUT2D eigenvalue weighted by molar-refractivity contribution is -0.490. The molecule has 1 fully saturated rings. The third-order valence-corrected chi connectivity index (χ3v) is 7.95. The van der Waals surface area contributed by atoms with E-state index in [9.17, 15) is 4.79 Å². The van der Waals surface area contributed by atoms with Gasteiger partial charge in [-0.1, -0.05) is 12.1 Å². The van der Waals surface area contributed by atoms with Crippen LogP contribution in [0.15, 0.2) is 46.5 Å². The third kappa shape index (κ3) is 3.13. The maximum Gasteiger partial charge on any atom is 0.192 e. The van der Waals surface area contributed by atoms with Crippen LogP contribution in [0.2, 0.25) is 0 Å². The average molecular weight is 454 g/mol. The van der Waals surface area contributed by atoms with Crippen molar-refractivity contribution in [2.24, 2.45) is 5.92 Å². The molecule has 0 saturated heterocycles. The molecule has 2 aliphatic heterocycles. The Morgan fingerprint density at radius 3 is 2.74 bits per heavy atom. The smallest absolute Gasteiger partial charge is 0.192 e. The van der Waals surface area contributed by atoms with Crippen LogP contribution in [0.1, 0.15) is 71.1 Å². The standard InChI is InChI=1S/C29H26FN2O2/c1-16-31-28-27(33)9-8-22(18-3-4-18)24-13-23(26(30)14-25(24)29(28)34-16)19-5-2-17-6-7-21-10-11-32(21)15-20(17)12-19/h2,5,10,12-15,18,22H,3-4,6-9,11H2,1H3/q+1. The predicted molar refractivity (Wildman–Crippen MR) is 128 cm³/mol. The number of aryl methyl sites for hydroxylation is 2. The maximum atomic E-state index is 15.7. The Bertz CT molecular complexity index is 1440. The molecule has 3 heterocycles. The van der Waals surface area contributed by atoms with Crippen molar-refractivity contribution in [3.05, 3.63) is 76.2 Å². The van der Waals surface area contributed by atoms with E-state index in [1.165, 1.54) is 16.8 Å². The van der Waals surface area contributed by atoms with Crippen molar-refractivity contribution in [1.29, 1.82) is 0 Å². The van der Waals surface area contributed by atoms with Gasteiger partial charge in [0.25, 0.3) is 0 Å². The van der Waals surface area contributed by atoms with Crippen molar-refractivity contribution in [1.82, 2.24) is 4.98 Å². The molecule has 4 aliphatic rings. The summed E-state index contributed by atoms with van der Waals surface area (Å²) in [6, 6.07) is 9.94. The van der Waals surface area contributed by atoms with E-state index in [4.69, 9.17) is 4.42 Å². The van der Waals surface area contributed by atoms with E-state index in [1.807, 2.05) is 6.07 Å². The number of oxazole rings is 1. The molecule has 170 valence electrons. The number of fused-ring (bicyclic) bond motifs is 5. The number of benzene rings is 2. The lowest BCUT2D eigenvalue weighted by atomic mass is 9.81. The van der Waals surface area contributed by atoms with Crippen LogP contribution >= 0.6 is 0 Å². The third-order valence-electron chi connectivity index (χ3n) is 7.95. The van der Waals surface area contributed by atoms with Crippen LogP contribution in [0.5, 0.6) is 0 Å². The summed E-state index contributed by atoms with van der Waals surface area (Å²) < 4.78 is 23.9. The molecule has 1 unspecified atom stereocenters. The van der Waals surface area contributed by atoms with Crippen LogP contribution in [-0.2, 0) is 6.42 Å². The van der Waals surface area contributed by atoms with E-state index in [1.54, 1.807) is 13.0 Å². The van der Waals surface area contributed by atoms with Crippen molar-refractivity contribution >= 4 is 12.0 Å². The van der Waals surface area contributed by atoms with Crippen molar-refractivity contribution in [2.45, 2.75) is 51.4 Å². The Hall–Kier alpha value is -3.34. The van der Waals surface area contributed by atoms with Gasteiger partial charge in [-0.15, -0.1) is 0 Å². The first-order valence-corrected chi connectivity index (χ1v) is 12.3. The predicted octanol–water partition coefficient (Wildman–Crippen LogP) is 6.20. The van der Waals surface area contributed by atoms with E-state index in [0.29, 0.717) is 40.8 Å². The van der Waals surface area contributed by atoms with Crippen LogP contribution in [0, 0.1) is 18.7 Å².